The lowest BCUT2D eigenvalue weighted by atomic mass is 10.1. The maximum absolute atomic E-state index is 12.6. The molecule has 2 aromatic carbocycles. The zero-order valence-corrected chi connectivity index (χ0v) is 15.9. The molecule has 3 aromatic rings. The molecule has 0 saturated carbocycles. The third-order valence-electron chi connectivity index (χ3n) is 3.62. The molecular weight excluding hydrogens is 384 g/mol. The lowest BCUT2D eigenvalue weighted by Gasteiger charge is -2.09. The van der Waals surface area contributed by atoms with E-state index in [0.717, 1.165) is 10.0 Å². The van der Waals surface area contributed by atoms with Crippen LogP contribution in [0.4, 0.5) is 0 Å². The van der Waals surface area contributed by atoms with Crippen LogP contribution in [-0.2, 0) is 4.74 Å². The standard InChI is InChI=1S/C20H19BrO4/c1-4-23-20(22)18-16-11-15(24-12(2)3)9-10-17(16)25-19(18)13-5-7-14(21)8-6-13/h5-12H,4H2,1-3H3. The molecule has 1 aromatic heterocycles. The molecule has 0 atom stereocenters. The summed E-state index contributed by atoms with van der Waals surface area (Å²) in [5.41, 5.74) is 1.86. The number of ether oxygens (including phenoxy) is 2. The summed E-state index contributed by atoms with van der Waals surface area (Å²) >= 11 is 3.42. The number of esters is 1. The Labute approximate surface area is 154 Å². The molecule has 0 amide bonds. The van der Waals surface area contributed by atoms with Crippen LogP contribution in [0, 0.1) is 0 Å². The number of hydrogen-bond acceptors (Lipinski definition) is 4. The van der Waals surface area contributed by atoms with Gasteiger partial charge in [0.05, 0.1) is 12.7 Å². The second kappa shape index (κ2) is 7.31. The van der Waals surface area contributed by atoms with Crippen molar-refractivity contribution in [2.45, 2.75) is 26.9 Å². The largest absolute Gasteiger partial charge is 0.491 e. The first kappa shape index (κ1) is 17.5. The number of fused-ring (bicyclic) bond motifs is 1. The summed E-state index contributed by atoms with van der Waals surface area (Å²) in [6.45, 7) is 6.00. The summed E-state index contributed by atoms with van der Waals surface area (Å²) in [4.78, 5) is 12.6. The monoisotopic (exact) mass is 402 g/mol. The van der Waals surface area contributed by atoms with Crippen LogP contribution in [0.25, 0.3) is 22.3 Å². The Morgan fingerprint density at radius 1 is 1.16 bits per heavy atom. The average Bonchev–Trinajstić information content (AvgIpc) is 2.94. The first-order valence-corrected chi connectivity index (χ1v) is 8.95. The molecule has 0 aliphatic rings. The third kappa shape index (κ3) is 3.71. The number of halogens is 1. The fraction of sp³-hybridized carbons (Fsp3) is 0.250. The molecule has 0 aliphatic carbocycles. The van der Waals surface area contributed by atoms with Gasteiger partial charge >= 0.3 is 5.97 Å². The van der Waals surface area contributed by atoms with Gasteiger partial charge in [-0.2, -0.15) is 0 Å². The zero-order chi connectivity index (χ0) is 18.0. The zero-order valence-electron chi connectivity index (χ0n) is 14.3. The van der Waals surface area contributed by atoms with E-state index in [9.17, 15) is 4.79 Å². The van der Waals surface area contributed by atoms with Crippen LogP contribution >= 0.6 is 15.9 Å². The van der Waals surface area contributed by atoms with E-state index >= 15 is 0 Å². The number of benzene rings is 2. The molecule has 0 bridgehead atoms. The molecule has 4 nitrogen and oxygen atoms in total. The first-order chi connectivity index (χ1) is 12.0. The van der Waals surface area contributed by atoms with E-state index in [-0.39, 0.29) is 6.10 Å². The summed E-state index contributed by atoms with van der Waals surface area (Å²) in [6, 6.07) is 13.1. The number of carbonyl (C=O) groups excluding carboxylic acids is 1. The van der Waals surface area contributed by atoms with Crippen molar-refractivity contribution in [3.05, 3.63) is 52.5 Å². The highest BCUT2D eigenvalue weighted by atomic mass is 79.9. The Kier molecular flexibility index (Phi) is 5.13. The average molecular weight is 403 g/mol. The summed E-state index contributed by atoms with van der Waals surface area (Å²) < 4.78 is 17.9. The van der Waals surface area contributed by atoms with Crippen molar-refractivity contribution in [2.24, 2.45) is 0 Å². The molecule has 3 rings (SSSR count). The Bertz CT molecular complexity index is 894. The highest BCUT2D eigenvalue weighted by Gasteiger charge is 2.23. The normalized spacial score (nSPS) is 11.1. The van der Waals surface area contributed by atoms with Crippen LogP contribution in [0.2, 0.25) is 0 Å². The van der Waals surface area contributed by atoms with Crippen molar-refractivity contribution in [2.75, 3.05) is 6.61 Å². The van der Waals surface area contributed by atoms with Gasteiger partial charge in [0, 0.05) is 15.4 Å². The Balaban J connectivity index is 2.19. The fourth-order valence-corrected chi connectivity index (χ4v) is 2.90. The van der Waals surface area contributed by atoms with Gasteiger partial charge in [0.15, 0.2) is 0 Å². The molecular formula is C20H19BrO4. The number of carbonyl (C=O) groups is 1. The van der Waals surface area contributed by atoms with Crippen molar-refractivity contribution in [1.29, 1.82) is 0 Å². The minimum absolute atomic E-state index is 0.0429. The lowest BCUT2D eigenvalue weighted by Crippen LogP contribution is -2.06. The quantitative estimate of drug-likeness (QED) is 0.504. The van der Waals surface area contributed by atoms with E-state index in [2.05, 4.69) is 15.9 Å². The second-order valence-electron chi connectivity index (χ2n) is 5.86. The van der Waals surface area contributed by atoms with E-state index < -0.39 is 5.97 Å². The minimum Gasteiger partial charge on any atom is -0.491 e. The predicted octanol–water partition coefficient (Wildman–Crippen LogP) is 5.83. The van der Waals surface area contributed by atoms with Crippen molar-refractivity contribution >= 4 is 32.9 Å². The second-order valence-corrected chi connectivity index (χ2v) is 6.77. The Morgan fingerprint density at radius 3 is 2.52 bits per heavy atom. The highest BCUT2D eigenvalue weighted by molar-refractivity contribution is 9.10. The van der Waals surface area contributed by atoms with Crippen molar-refractivity contribution in [1.82, 2.24) is 0 Å². The number of rotatable bonds is 5. The van der Waals surface area contributed by atoms with Crippen LogP contribution < -0.4 is 4.74 Å². The van der Waals surface area contributed by atoms with Gasteiger partial charge < -0.3 is 13.9 Å². The third-order valence-corrected chi connectivity index (χ3v) is 4.15. The smallest absolute Gasteiger partial charge is 0.342 e. The molecule has 0 saturated heterocycles. The summed E-state index contributed by atoms with van der Waals surface area (Å²) in [5.74, 6) is 0.791. The van der Waals surface area contributed by atoms with Crippen LogP contribution in [0.5, 0.6) is 5.75 Å². The van der Waals surface area contributed by atoms with Crippen molar-refractivity contribution in [3.8, 4) is 17.1 Å². The van der Waals surface area contributed by atoms with E-state index in [1.807, 2.05) is 56.3 Å². The molecule has 130 valence electrons. The van der Waals surface area contributed by atoms with E-state index in [1.54, 1.807) is 6.92 Å². The van der Waals surface area contributed by atoms with Crippen LogP contribution in [0.15, 0.2) is 51.4 Å². The summed E-state index contributed by atoms with van der Waals surface area (Å²) in [5, 5.41) is 0.689. The fourth-order valence-electron chi connectivity index (χ4n) is 2.63. The van der Waals surface area contributed by atoms with Gasteiger partial charge in [0.1, 0.15) is 22.7 Å². The lowest BCUT2D eigenvalue weighted by molar-refractivity contribution is 0.0529. The van der Waals surface area contributed by atoms with Crippen molar-refractivity contribution in [3.63, 3.8) is 0 Å². The summed E-state index contributed by atoms with van der Waals surface area (Å²) in [6.07, 6.45) is 0.0429. The summed E-state index contributed by atoms with van der Waals surface area (Å²) in [7, 11) is 0. The molecule has 1 heterocycles. The molecule has 0 unspecified atom stereocenters. The SMILES string of the molecule is CCOC(=O)c1c(-c2ccc(Br)cc2)oc2ccc(OC(C)C)cc12. The predicted molar refractivity (Wildman–Crippen MR) is 101 cm³/mol. The molecule has 5 heteroatoms. The molecule has 0 radical (unpaired) electrons. The maximum Gasteiger partial charge on any atom is 0.342 e. The molecule has 0 aliphatic heterocycles. The van der Waals surface area contributed by atoms with Gasteiger partial charge in [-0.05, 0) is 51.1 Å². The first-order valence-electron chi connectivity index (χ1n) is 8.16. The van der Waals surface area contributed by atoms with Crippen LogP contribution in [0.1, 0.15) is 31.1 Å². The van der Waals surface area contributed by atoms with Gasteiger partial charge in [0.2, 0.25) is 0 Å². The molecule has 25 heavy (non-hydrogen) atoms. The van der Waals surface area contributed by atoms with Gasteiger partial charge in [-0.25, -0.2) is 4.79 Å². The maximum atomic E-state index is 12.6. The van der Waals surface area contributed by atoms with E-state index in [4.69, 9.17) is 13.9 Å². The van der Waals surface area contributed by atoms with Gasteiger partial charge in [-0.1, -0.05) is 28.1 Å². The molecule has 0 N–H and O–H groups in total. The minimum atomic E-state index is -0.402. The van der Waals surface area contributed by atoms with E-state index in [0.29, 0.717) is 34.6 Å². The van der Waals surface area contributed by atoms with Crippen LogP contribution in [-0.4, -0.2) is 18.7 Å². The van der Waals surface area contributed by atoms with Gasteiger partial charge in [0.25, 0.3) is 0 Å². The Morgan fingerprint density at radius 2 is 1.88 bits per heavy atom. The van der Waals surface area contributed by atoms with Crippen LogP contribution in [0.3, 0.4) is 0 Å². The molecule has 0 spiro atoms. The highest BCUT2D eigenvalue weighted by Crippen LogP contribution is 2.36. The van der Waals surface area contributed by atoms with E-state index in [1.165, 1.54) is 0 Å². The Hall–Kier alpha value is -2.27. The molecule has 0 fully saturated rings. The van der Waals surface area contributed by atoms with Gasteiger partial charge in [-0.3, -0.25) is 0 Å². The number of hydrogen-bond donors (Lipinski definition) is 0. The number of furan rings is 1. The van der Waals surface area contributed by atoms with Gasteiger partial charge in [-0.15, -0.1) is 0 Å². The van der Waals surface area contributed by atoms with Crippen molar-refractivity contribution < 1.29 is 18.7 Å². The topological polar surface area (TPSA) is 48.7 Å².